The van der Waals surface area contributed by atoms with Crippen LogP contribution in [0, 0.1) is 0 Å². The molecule has 1 aliphatic rings. The van der Waals surface area contributed by atoms with Crippen LogP contribution in [0.25, 0.3) is 23.8 Å². The number of phenolic OH excluding ortho intramolecular Hbond substituents is 3. The lowest BCUT2D eigenvalue weighted by Gasteiger charge is -2.23. The summed E-state index contributed by atoms with van der Waals surface area (Å²) >= 11 is 0. The van der Waals surface area contributed by atoms with Gasteiger partial charge in [0, 0.05) is 25.7 Å². The molecule has 0 saturated heterocycles. The van der Waals surface area contributed by atoms with Crippen molar-refractivity contribution in [2.45, 2.75) is 12.7 Å². The fourth-order valence-corrected chi connectivity index (χ4v) is 3.51. The average molecular weight is 450 g/mol. The minimum Gasteiger partial charge on any atom is -0.504 e. The van der Waals surface area contributed by atoms with Gasteiger partial charge in [0.25, 0.3) is 0 Å². The standard InChI is InChI=1S/C25H22O8/c1-25(31-3)17(10-15-6-8-18(26)20(28)11-15)23-22(33-25)13-16(32-24(23)29)7-4-14-5-9-19(27)21(12-14)30-2/h4-13,26-28H,1-3H3/b7-4+,17-10-. The number of hydrogen-bond acceptors (Lipinski definition) is 8. The maximum Gasteiger partial charge on any atom is 0.347 e. The van der Waals surface area contributed by atoms with Gasteiger partial charge in [0.15, 0.2) is 23.0 Å². The Morgan fingerprint density at radius 3 is 2.33 bits per heavy atom. The van der Waals surface area contributed by atoms with Crippen molar-refractivity contribution in [1.29, 1.82) is 0 Å². The normalized spacial score (nSPS) is 18.5. The maximum absolute atomic E-state index is 12.9. The van der Waals surface area contributed by atoms with Gasteiger partial charge in [-0.05, 0) is 47.5 Å². The lowest BCUT2D eigenvalue weighted by atomic mass is 9.99. The number of methoxy groups -OCH3 is 2. The molecule has 1 unspecified atom stereocenters. The van der Waals surface area contributed by atoms with Crippen LogP contribution in [-0.2, 0) is 4.74 Å². The van der Waals surface area contributed by atoms with E-state index in [-0.39, 0.29) is 34.3 Å². The molecule has 4 rings (SSSR count). The van der Waals surface area contributed by atoms with Crippen molar-refractivity contribution in [2.75, 3.05) is 14.2 Å². The molecule has 0 amide bonds. The van der Waals surface area contributed by atoms with Crippen molar-refractivity contribution in [2.24, 2.45) is 0 Å². The summed E-state index contributed by atoms with van der Waals surface area (Å²) in [4.78, 5) is 12.9. The Kier molecular flexibility index (Phi) is 5.61. The summed E-state index contributed by atoms with van der Waals surface area (Å²) in [6.07, 6.45) is 4.93. The number of rotatable bonds is 5. The van der Waals surface area contributed by atoms with Gasteiger partial charge in [0.05, 0.1) is 7.11 Å². The summed E-state index contributed by atoms with van der Waals surface area (Å²) < 4.78 is 22.1. The summed E-state index contributed by atoms with van der Waals surface area (Å²) in [5.41, 5.74) is 1.26. The zero-order valence-electron chi connectivity index (χ0n) is 18.2. The monoisotopic (exact) mass is 450 g/mol. The van der Waals surface area contributed by atoms with Crippen LogP contribution in [0.5, 0.6) is 28.7 Å². The molecule has 1 aromatic heterocycles. The molecule has 0 fully saturated rings. The Labute approximate surface area is 189 Å². The van der Waals surface area contributed by atoms with E-state index < -0.39 is 11.4 Å². The Balaban J connectivity index is 1.74. The van der Waals surface area contributed by atoms with E-state index >= 15 is 0 Å². The van der Waals surface area contributed by atoms with E-state index in [1.807, 2.05) is 0 Å². The summed E-state index contributed by atoms with van der Waals surface area (Å²) in [5.74, 6) is -0.926. The second kappa shape index (κ2) is 8.40. The van der Waals surface area contributed by atoms with E-state index in [4.69, 9.17) is 18.6 Å². The first-order valence-electron chi connectivity index (χ1n) is 9.96. The minimum absolute atomic E-state index is 0.0206. The highest BCUT2D eigenvalue weighted by Crippen LogP contribution is 2.44. The van der Waals surface area contributed by atoms with Crippen molar-refractivity contribution in [3.05, 3.63) is 75.3 Å². The first-order valence-corrected chi connectivity index (χ1v) is 9.96. The molecule has 0 aliphatic carbocycles. The Bertz CT molecular complexity index is 1330. The molecule has 33 heavy (non-hydrogen) atoms. The Hall–Kier alpha value is -4.17. The van der Waals surface area contributed by atoms with E-state index in [0.717, 1.165) is 5.56 Å². The third-order valence-electron chi connectivity index (χ3n) is 5.34. The van der Waals surface area contributed by atoms with Crippen molar-refractivity contribution >= 4 is 23.8 Å². The topological polar surface area (TPSA) is 119 Å². The van der Waals surface area contributed by atoms with Crippen LogP contribution >= 0.6 is 0 Å². The first-order chi connectivity index (χ1) is 15.7. The van der Waals surface area contributed by atoms with Gasteiger partial charge in [-0.1, -0.05) is 18.2 Å². The van der Waals surface area contributed by atoms with Gasteiger partial charge in [-0.15, -0.1) is 0 Å². The van der Waals surface area contributed by atoms with E-state index in [9.17, 15) is 20.1 Å². The second-order valence-electron chi connectivity index (χ2n) is 7.50. The molecule has 0 bridgehead atoms. The summed E-state index contributed by atoms with van der Waals surface area (Å²) in [5, 5.41) is 29.1. The minimum atomic E-state index is -1.27. The van der Waals surface area contributed by atoms with E-state index in [1.165, 1.54) is 32.4 Å². The van der Waals surface area contributed by atoms with E-state index in [0.29, 0.717) is 16.9 Å². The quantitative estimate of drug-likeness (QED) is 0.494. The Morgan fingerprint density at radius 1 is 0.909 bits per heavy atom. The van der Waals surface area contributed by atoms with Gasteiger partial charge in [0.2, 0.25) is 5.79 Å². The third-order valence-corrected chi connectivity index (χ3v) is 5.34. The van der Waals surface area contributed by atoms with Crippen LogP contribution < -0.4 is 15.1 Å². The van der Waals surface area contributed by atoms with E-state index in [1.54, 1.807) is 49.4 Å². The van der Waals surface area contributed by atoms with Crippen LogP contribution in [0.2, 0.25) is 0 Å². The highest BCUT2D eigenvalue weighted by molar-refractivity contribution is 5.90. The second-order valence-corrected chi connectivity index (χ2v) is 7.50. The SMILES string of the molecule is COc1cc(/C=C/c2cc3c(c(=O)o2)/C(=C/c2ccc(O)c(O)c2)C(C)(OC)O3)ccc1O. The van der Waals surface area contributed by atoms with Gasteiger partial charge >= 0.3 is 5.63 Å². The lowest BCUT2D eigenvalue weighted by Crippen LogP contribution is -2.31. The third kappa shape index (κ3) is 4.16. The molecule has 2 aromatic carbocycles. The molecule has 1 atom stereocenters. The molecule has 170 valence electrons. The predicted molar refractivity (Wildman–Crippen MR) is 122 cm³/mol. The van der Waals surface area contributed by atoms with Crippen molar-refractivity contribution in [1.82, 2.24) is 0 Å². The zero-order chi connectivity index (χ0) is 23.8. The number of phenols is 3. The van der Waals surface area contributed by atoms with E-state index in [2.05, 4.69) is 0 Å². The number of aromatic hydroxyl groups is 3. The smallest absolute Gasteiger partial charge is 0.347 e. The fraction of sp³-hybridized carbons (Fsp3) is 0.160. The first kappa shape index (κ1) is 22.0. The molecule has 8 nitrogen and oxygen atoms in total. The van der Waals surface area contributed by atoms with Crippen LogP contribution in [-0.4, -0.2) is 35.3 Å². The molecule has 8 heteroatoms. The van der Waals surface area contributed by atoms with Gasteiger partial charge in [-0.3, -0.25) is 0 Å². The van der Waals surface area contributed by atoms with Crippen LogP contribution in [0.15, 0.2) is 51.7 Å². The predicted octanol–water partition coefficient (Wildman–Crippen LogP) is 4.23. The summed E-state index contributed by atoms with van der Waals surface area (Å²) in [6, 6.07) is 10.7. The van der Waals surface area contributed by atoms with Gasteiger partial charge in [-0.25, -0.2) is 4.79 Å². The molecular formula is C25H22O8. The Morgan fingerprint density at radius 2 is 1.64 bits per heavy atom. The van der Waals surface area contributed by atoms with Crippen molar-refractivity contribution in [3.8, 4) is 28.7 Å². The summed E-state index contributed by atoms with van der Waals surface area (Å²) in [7, 11) is 2.91. The van der Waals surface area contributed by atoms with Crippen molar-refractivity contribution < 1.29 is 33.9 Å². The molecule has 0 saturated carbocycles. The van der Waals surface area contributed by atoms with Gasteiger partial charge in [-0.2, -0.15) is 0 Å². The molecule has 2 heterocycles. The molecule has 0 radical (unpaired) electrons. The van der Waals surface area contributed by atoms with Crippen LogP contribution in [0.4, 0.5) is 0 Å². The number of hydrogen-bond donors (Lipinski definition) is 3. The fourth-order valence-electron chi connectivity index (χ4n) is 3.51. The number of benzene rings is 2. The van der Waals surface area contributed by atoms with Gasteiger partial charge < -0.3 is 33.9 Å². The lowest BCUT2D eigenvalue weighted by molar-refractivity contribution is -0.0912. The number of ether oxygens (including phenoxy) is 3. The van der Waals surface area contributed by atoms with Gasteiger partial charge in [0.1, 0.15) is 17.1 Å². The maximum atomic E-state index is 12.9. The largest absolute Gasteiger partial charge is 0.504 e. The molecule has 3 N–H and O–H groups in total. The average Bonchev–Trinajstić information content (AvgIpc) is 3.08. The molecule has 3 aromatic rings. The highest BCUT2D eigenvalue weighted by atomic mass is 16.7. The molecule has 0 spiro atoms. The van der Waals surface area contributed by atoms with Crippen LogP contribution in [0.3, 0.4) is 0 Å². The molecule has 1 aliphatic heterocycles. The number of fused-ring (bicyclic) bond motifs is 1. The van der Waals surface area contributed by atoms with Crippen molar-refractivity contribution in [3.63, 3.8) is 0 Å². The van der Waals surface area contributed by atoms with Crippen LogP contribution in [0.1, 0.15) is 29.4 Å². The zero-order valence-corrected chi connectivity index (χ0v) is 18.2. The highest BCUT2D eigenvalue weighted by Gasteiger charge is 2.43. The molecular weight excluding hydrogens is 428 g/mol. The summed E-state index contributed by atoms with van der Waals surface area (Å²) in [6.45, 7) is 1.66.